The average molecular weight is 793 g/mol. The van der Waals surface area contributed by atoms with Crippen molar-refractivity contribution in [1.82, 2.24) is 35.3 Å². The van der Waals surface area contributed by atoms with Gasteiger partial charge in [-0.1, -0.05) is 11.6 Å². The van der Waals surface area contributed by atoms with Crippen LogP contribution in [0.15, 0.2) is 59.8 Å². The maximum atomic E-state index is 13.2. The molecule has 3 aliphatic heterocycles. The number of hydrogen-bond acceptors (Lipinski definition) is 12. The fourth-order valence-corrected chi connectivity index (χ4v) is 8.62. The van der Waals surface area contributed by atoms with E-state index in [1.165, 1.54) is 4.68 Å². The number of benzene rings is 2. The van der Waals surface area contributed by atoms with E-state index in [4.69, 9.17) is 21.6 Å². The third kappa shape index (κ3) is 8.72. The van der Waals surface area contributed by atoms with Crippen LogP contribution in [0, 0.1) is 17.2 Å². The number of fused-ring (bicyclic) bond motifs is 1. The third-order valence-electron chi connectivity index (χ3n) is 11.7. The predicted octanol–water partition coefficient (Wildman–Crippen LogP) is 3.85. The maximum absolute atomic E-state index is 13.2. The average Bonchev–Trinajstić information content (AvgIpc) is 3.23. The molecule has 2 aromatic heterocycles. The number of ether oxygens (including phenoxy) is 1. The van der Waals surface area contributed by atoms with E-state index in [1.807, 2.05) is 18.2 Å². The molecular weight excluding hydrogens is 748 g/mol. The zero-order valence-electron chi connectivity index (χ0n) is 31.6. The number of nitrogens with zero attached hydrogens (tertiary/aromatic N) is 8. The Hall–Kier alpha value is -5.59. The molecule has 2 aromatic carbocycles. The number of nitrogens with one attached hydrogen (secondary N) is 2. The summed E-state index contributed by atoms with van der Waals surface area (Å²) in [5.41, 5.74) is 1.58. The van der Waals surface area contributed by atoms with Crippen LogP contribution in [0.3, 0.4) is 0 Å². The van der Waals surface area contributed by atoms with Crippen LogP contribution >= 0.6 is 11.6 Å². The van der Waals surface area contributed by atoms with Gasteiger partial charge in [-0.2, -0.15) is 10.4 Å². The zero-order chi connectivity index (χ0) is 39.5. The molecule has 4 aromatic rings. The van der Waals surface area contributed by atoms with Crippen LogP contribution in [0.1, 0.15) is 73.3 Å². The van der Waals surface area contributed by atoms with Crippen molar-refractivity contribution in [3.63, 3.8) is 0 Å². The van der Waals surface area contributed by atoms with E-state index in [0.29, 0.717) is 39.2 Å². The number of piperazine rings is 1. The van der Waals surface area contributed by atoms with Crippen LogP contribution in [0.2, 0.25) is 5.02 Å². The molecular formula is C41H45ClN10O5. The fraction of sp³-hybridized carbons (Fsp3) is 0.463. The largest absolute Gasteiger partial charge is 0.490 e. The van der Waals surface area contributed by atoms with E-state index in [2.05, 4.69) is 46.5 Å². The maximum Gasteiger partial charge on any atom is 0.275 e. The van der Waals surface area contributed by atoms with Crippen LogP contribution in [0.5, 0.6) is 5.75 Å². The fourth-order valence-electron chi connectivity index (χ4n) is 8.40. The van der Waals surface area contributed by atoms with Gasteiger partial charge in [0.1, 0.15) is 17.9 Å². The third-order valence-corrected chi connectivity index (χ3v) is 12.0. The molecule has 0 spiro atoms. The van der Waals surface area contributed by atoms with Crippen LogP contribution < -0.4 is 30.7 Å². The van der Waals surface area contributed by atoms with Gasteiger partial charge in [0.25, 0.3) is 17.4 Å². The van der Waals surface area contributed by atoms with Crippen molar-refractivity contribution in [2.24, 2.45) is 5.92 Å². The number of nitriles is 1. The summed E-state index contributed by atoms with van der Waals surface area (Å²) in [6.45, 7) is 6.43. The molecule has 296 valence electrons. The van der Waals surface area contributed by atoms with Gasteiger partial charge >= 0.3 is 0 Å². The number of carbonyl (C=O) groups is 3. The first-order valence-electron chi connectivity index (χ1n) is 19.8. The van der Waals surface area contributed by atoms with E-state index in [1.54, 1.807) is 36.8 Å². The van der Waals surface area contributed by atoms with Crippen molar-refractivity contribution < 1.29 is 19.1 Å². The molecule has 1 aliphatic carbocycles. The Labute approximate surface area is 334 Å². The lowest BCUT2D eigenvalue weighted by Gasteiger charge is -2.39. The Morgan fingerprint density at radius 3 is 2.35 bits per heavy atom. The molecule has 4 aliphatic rings. The molecule has 2 N–H and O–H groups in total. The minimum atomic E-state index is -0.783. The number of rotatable bonds is 9. The first-order valence-corrected chi connectivity index (χ1v) is 20.2. The quantitative estimate of drug-likeness (QED) is 0.235. The molecule has 0 bridgehead atoms. The molecule has 1 atom stereocenters. The SMILES string of the molecule is N#Cc1ccc(O[C@H]2CC[C@H](NC(=O)c3cnc(N4CCC(CN5CCN(c6ccc7c(=O)n([C@H]8CCC(=O)NC8=O)ncc7c6)CC5)CC4)nc3)CC2)cc1Cl. The second-order valence-electron chi connectivity index (χ2n) is 15.4. The standard InChI is InChI=1S/C41H45ClN10O5/c42-35-20-33(5-1-27(35)21-43)57-32-6-2-30(3-7-32)47-38(54)29-22-44-41(45-23-29)51-13-11-26(12-14-51)25-49-15-17-50(18-16-49)31-4-8-34-28(19-31)24-46-52(40(34)56)36-9-10-37(53)48-39(36)55/h1,4-5,8,19-20,22-24,26,30,32,36H,2-3,6-7,9-18,25H2,(H,47,54)(H,48,53,55)/t30-,32-,36-/m0/s1. The van der Waals surface area contributed by atoms with E-state index in [0.717, 1.165) is 95.4 Å². The number of hydrogen-bond donors (Lipinski definition) is 2. The van der Waals surface area contributed by atoms with Gasteiger partial charge in [0.15, 0.2) is 0 Å². The Morgan fingerprint density at radius 1 is 0.895 bits per heavy atom. The predicted molar refractivity (Wildman–Crippen MR) is 213 cm³/mol. The number of imide groups is 1. The monoisotopic (exact) mass is 792 g/mol. The molecule has 0 radical (unpaired) electrons. The number of amides is 3. The molecule has 8 rings (SSSR count). The summed E-state index contributed by atoms with van der Waals surface area (Å²) in [6.07, 6.45) is 10.6. The highest BCUT2D eigenvalue weighted by Gasteiger charge is 2.31. The van der Waals surface area contributed by atoms with Crippen LogP contribution in [-0.2, 0) is 9.59 Å². The minimum Gasteiger partial charge on any atom is -0.490 e. The highest BCUT2D eigenvalue weighted by atomic mass is 35.5. The summed E-state index contributed by atoms with van der Waals surface area (Å²) in [4.78, 5) is 66.3. The summed E-state index contributed by atoms with van der Waals surface area (Å²) in [7, 11) is 0. The van der Waals surface area contributed by atoms with Crippen molar-refractivity contribution in [2.45, 2.75) is 69.6 Å². The van der Waals surface area contributed by atoms with E-state index < -0.39 is 11.9 Å². The van der Waals surface area contributed by atoms with Gasteiger partial charge in [-0.25, -0.2) is 14.6 Å². The highest BCUT2D eigenvalue weighted by molar-refractivity contribution is 6.31. The van der Waals surface area contributed by atoms with Crippen LogP contribution in [0.25, 0.3) is 10.8 Å². The molecule has 0 unspecified atom stereocenters. The summed E-state index contributed by atoms with van der Waals surface area (Å²) >= 11 is 6.15. The Balaban J connectivity index is 0.756. The second-order valence-corrected chi connectivity index (χ2v) is 15.8. The molecule has 4 fully saturated rings. The second kappa shape index (κ2) is 16.9. The van der Waals surface area contributed by atoms with Crippen molar-refractivity contribution in [3.05, 3.63) is 81.5 Å². The molecule has 1 saturated carbocycles. The summed E-state index contributed by atoms with van der Waals surface area (Å²) < 4.78 is 7.28. The lowest BCUT2D eigenvalue weighted by atomic mass is 9.92. The molecule has 3 amide bonds. The number of aromatic nitrogens is 4. The normalized spacial score (nSPS) is 22.2. The lowest BCUT2D eigenvalue weighted by molar-refractivity contribution is -0.136. The minimum absolute atomic E-state index is 0.0292. The van der Waals surface area contributed by atoms with Gasteiger partial charge in [-0.05, 0) is 81.2 Å². The van der Waals surface area contributed by atoms with Crippen molar-refractivity contribution >= 4 is 51.7 Å². The van der Waals surface area contributed by atoms with Gasteiger partial charge in [-0.15, -0.1) is 0 Å². The Kier molecular flexibility index (Phi) is 11.3. The van der Waals surface area contributed by atoms with Crippen molar-refractivity contribution in [1.29, 1.82) is 5.26 Å². The van der Waals surface area contributed by atoms with E-state index in [-0.39, 0.29) is 42.4 Å². The number of carbonyl (C=O) groups excluding carboxylic acids is 3. The molecule has 15 nitrogen and oxygen atoms in total. The summed E-state index contributed by atoms with van der Waals surface area (Å²) in [5, 5.41) is 20.4. The smallest absolute Gasteiger partial charge is 0.275 e. The van der Waals surface area contributed by atoms with Crippen LogP contribution in [0.4, 0.5) is 11.6 Å². The molecule has 57 heavy (non-hydrogen) atoms. The van der Waals surface area contributed by atoms with Gasteiger partial charge < -0.3 is 19.9 Å². The van der Waals surface area contributed by atoms with Gasteiger partial charge in [0, 0.05) is 87.8 Å². The lowest BCUT2D eigenvalue weighted by Crippen LogP contribution is -2.49. The Bertz CT molecular complexity index is 2240. The van der Waals surface area contributed by atoms with Gasteiger partial charge in [0.05, 0.1) is 33.8 Å². The van der Waals surface area contributed by atoms with Crippen molar-refractivity contribution in [2.75, 3.05) is 55.6 Å². The van der Waals surface area contributed by atoms with Gasteiger partial charge in [-0.3, -0.25) is 29.4 Å². The van der Waals surface area contributed by atoms with Crippen molar-refractivity contribution in [3.8, 4) is 11.8 Å². The summed E-state index contributed by atoms with van der Waals surface area (Å²) in [5.74, 6) is 0.893. The number of anilines is 2. The van der Waals surface area contributed by atoms with Crippen LogP contribution in [-0.4, -0.2) is 100 Å². The molecule has 3 saturated heterocycles. The number of halogens is 1. The first kappa shape index (κ1) is 38.3. The number of piperidine rings is 2. The molecule has 5 heterocycles. The summed E-state index contributed by atoms with van der Waals surface area (Å²) in [6, 6.07) is 12.2. The topological polar surface area (TPSA) is 179 Å². The Morgan fingerprint density at radius 2 is 1.65 bits per heavy atom. The van der Waals surface area contributed by atoms with E-state index >= 15 is 0 Å². The highest BCUT2D eigenvalue weighted by Crippen LogP contribution is 2.29. The first-order chi connectivity index (χ1) is 27.7. The zero-order valence-corrected chi connectivity index (χ0v) is 32.4. The van der Waals surface area contributed by atoms with E-state index in [9.17, 15) is 19.2 Å². The molecule has 16 heteroatoms. The van der Waals surface area contributed by atoms with Gasteiger partial charge in [0.2, 0.25) is 11.9 Å².